The van der Waals surface area contributed by atoms with Crippen molar-refractivity contribution in [3.8, 4) is 0 Å². The van der Waals surface area contributed by atoms with Gasteiger partial charge in [0.25, 0.3) is 10.1 Å². The molecule has 0 spiro atoms. The predicted molar refractivity (Wildman–Crippen MR) is 69.2 cm³/mol. The van der Waals surface area contributed by atoms with E-state index < -0.39 is 37.2 Å². The summed E-state index contributed by atoms with van der Waals surface area (Å²) in [5.74, 6) is -1.90. The second-order valence-corrected chi connectivity index (χ2v) is 7.19. The van der Waals surface area contributed by atoms with Crippen molar-refractivity contribution >= 4 is 26.2 Å². The van der Waals surface area contributed by atoms with E-state index >= 15 is 0 Å². The van der Waals surface area contributed by atoms with Gasteiger partial charge in [0.15, 0.2) is 0 Å². The second kappa shape index (κ2) is 8.15. The minimum Gasteiger partial charge on any atom is -0.748 e. The zero-order valence-corrected chi connectivity index (χ0v) is 12.8. The van der Waals surface area contributed by atoms with Crippen LogP contribution in [0.2, 0.25) is 0 Å². The lowest BCUT2D eigenvalue weighted by molar-refractivity contribution is -0.299. The molecule has 0 saturated heterocycles. The van der Waals surface area contributed by atoms with Crippen LogP contribution >= 0.6 is 0 Å². The summed E-state index contributed by atoms with van der Waals surface area (Å²) >= 11 is 0. The van der Waals surface area contributed by atoms with Gasteiger partial charge in [0.05, 0.1) is 21.8 Å². The molecule has 118 valence electrons. The molecule has 1 N–H and O–H groups in total. The number of aliphatic carboxylic acids is 1. The highest BCUT2D eigenvalue weighted by atomic mass is 32.2. The van der Waals surface area contributed by atoms with E-state index in [1.54, 1.807) is 0 Å². The molecule has 1 unspecified atom stereocenters. The van der Waals surface area contributed by atoms with Crippen molar-refractivity contribution in [1.29, 1.82) is 0 Å². The number of carboxylic acid groups (broad SMARTS) is 1. The lowest BCUT2D eigenvalue weighted by Crippen LogP contribution is -2.25. The summed E-state index contributed by atoms with van der Waals surface area (Å²) in [6, 6.07) is 0. The number of hydrogen-bond acceptors (Lipinski definition) is 7. The molecule has 0 radical (unpaired) electrons. The van der Waals surface area contributed by atoms with Gasteiger partial charge in [-0.25, -0.2) is 8.42 Å². The summed E-state index contributed by atoms with van der Waals surface area (Å²) in [5.41, 5.74) is 0.153. The van der Waals surface area contributed by atoms with Crippen LogP contribution in [0.1, 0.15) is 20.8 Å². The van der Waals surface area contributed by atoms with Gasteiger partial charge >= 0.3 is 0 Å². The third kappa shape index (κ3) is 13.2. The Hall–Kier alpha value is -1.23. The highest BCUT2D eigenvalue weighted by Gasteiger charge is 2.14. The topological polar surface area (TPSA) is 152 Å². The van der Waals surface area contributed by atoms with Crippen LogP contribution < -0.4 is 5.11 Å². The Morgan fingerprint density at radius 2 is 1.70 bits per heavy atom. The minimum atomic E-state index is -4.20. The van der Waals surface area contributed by atoms with E-state index in [0.717, 1.165) is 6.08 Å². The van der Waals surface area contributed by atoms with Crippen molar-refractivity contribution in [2.45, 2.75) is 26.0 Å². The Morgan fingerprint density at radius 1 is 1.30 bits per heavy atom. The molecule has 0 fully saturated rings. The largest absolute Gasteiger partial charge is 0.748 e. The molecule has 0 amide bonds. The molecule has 20 heavy (non-hydrogen) atoms. The fourth-order valence-electron chi connectivity index (χ4n) is 0.808. The van der Waals surface area contributed by atoms with Crippen molar-refractivity contribution < 1.29 is 35.8 Å². The van der Waals surface area contributed by atoms with Gasteiger partial charge in [0.1, 0.15) is 5.25 Å². The Bertz CT molecular complexity index is 583. The average molecular weight is 328 g/mol. The lowest BCUT2D eigenvalue weighted by Gasteiger charge is -2.05. The normalized spacial score (nSPS) is 13.9. The van der Waals surface area contributed by atoms with E-state index in [1.165, 1.54) is 20.8 Å². The van der Waals surface area contributed by atoms with Crippen molar-refractivity contribution in [2.24, 2.45) is 0 Å². The zero-order chi connectivity index (χ0) is 16.7. The summed E-state index contributed by atoms with van der Waals surface area (Å²) in [6.45, 7) is 7.12. The standard InChI is InChI=1S/C6H10O5S.C4H8O3S/c1-4(6(7)8)3-5(2)12(9,10)11;1-4(2)3-8(5,6)7/h3,5H,1-2H3,(H,7,8)(H,9,10,11);1,3H2,2H3,(H,5,6,7)/p-2/b4-3+;. The van der Waals surface area contributed by atoms with Crippen LogP contribution in [0.4, 0.5) is 0 Å². The molecule has 0 aromatic carbocycles. The van der Waals surface area contributed by atoms with Crippen LogP contribution in [0.25, 0.3) is 0 Å². The van der Waals surface area contributed by atoms with E-state index in [0.29, 0.717) is 5.57 Å². The summed E-state index contributed by atoms with van der Waals surface area (Å²) in [6.07, 6.45) is 0.907. The zero-order valence-electron chi connectivity index (χ0n) is 11.2. The minimum absolute atomic E-state index is 0.222. The molecule has 8 nitrogen and oxygen atoms in total. The summed E-state index contributed by atoms with van der Waals surface area (Å²) in [5, 5.41) is 8.88. The van der Waals surface area contributed by atoms with E-state index in [-0.39, 0.29) is 5.57 Å². The molecule has 1 atom stereocenters. The molecular formula is C10H16O8S2-2. The Kier molecular flexibility index (Phi) is 8.58. The van der Waals surface area contributed by atoms with E-state index in [1.807, 2.05) is 0 Å². The van der Waals surface area contributed by atoms with E-state index in [2.05, 4.69) is 6.58 Å². The van der Waals surface area contributed by atoms with Crippen LogP contribution in [0.3, 0.4) is 0 Å². The molecule has 0 aliphatic heterocycles. The molecule has 10 heteroatoms. The molecule has 0 aromatic rings. The smallest absolute Gasteiger partial charge is 0.271 e. The second-order valence-electron chi connectivity index (χ2n) is 4.02. The number of carbonyl (C=O) groups excluding carboxylic acids is 1. The number of carboxylic acids is 1. The molecule has 0 aliphatic rings. The first kappa shape index (κ1) is 21.1. The summed E-state index contributed by atoms with van der Waals surface area (Å²) < 4.78 is 58.7. The highest BCUT2D eigenvalue weighted by molar-refractivity contribution is 7.86. The van der Waals surface area contributed by atoms with Crippen molar-refractivity contribution in [3.63, 3.8) is 0 Å². The SMILES string of the molecule is C/C(=C\C(C)S(=O)(=O)O)C(=O)[O-].C=C(C)CS(=O)(=O)[O-]. The van der Waals surface area contributed by atoms with Gasteiger partial charge in [-0.3, -0.25) is 4.55 Å². The highest BCUT2D eigenvalue weighted by Crippen LogP contribution is 2.02. The van der Waals surface area contributed by atoms with Gasteiger partial charge in [-0.1, -0.05) is 18.2 Å². The first-order valence-electron chi connectivity index (χ1n) is 5.10. The van der Waals surface area contributed by atoms with Gasteiger partial charge in [-0.2, -0.15) is 8.42 Å². The Labute approximate surface area is 118 Å². The number of rotatable bonds is 5. The molecule has 0 aliphatic carbocycles. The monoisotopic (exact) mass is 328 g/mol. The van der Waals surface area contributed by atoms with Crippen molar-refractivity contribution in [1.82, 2.24) is 0 Å². The summed E-state index contributed by atoms with van der Waals surface area (Å²) in [7, 11) is -8.27. The van der Waals surface area contributed by atoms with E-state index in [9.17, 15) is 31.3 Å². The maximum Gasteiger partial charge on any atom is 0.271 e. The molecule has 0 bridgehead atoms. The Morgan fingerprint density at radius 3 is 1.85 bits per heavy atom. The third-order valence-electron chi connectivity index (χ3n) is 1.70. The van der Waals surface area contributed by atoms with Crippen LogP contribution in [0.15, 0.2) is 23.8 Å². The van der Waals surface area contributed by atoms with Gasteiger partial charge in [-0.15, -0.1) is 0 Å². The molecule has 0 saturated carbocycles. The van der Waals surface area contributed by atoms with Gasteiger partial charge < -0.3 is 14.5 Å². The van der Waals surface area contributed by atoms with Gasteiger partial charge in [0.2, 0.25) is 0 Å². The first-order chi connectivity index (χ1) is 8.66. The fraction of sp³-hybridized carbons (Fsp3) is 0.500. The quantitative estimate of drug-likeness (QED) is 0.386. The third-order valence-corrected chi connectivity index (χ3v) is 3.62. The van der Waals surface area contributed by atoms with Crippen LogP contribution in [-0.4, -0.2) is 42.9 Å². The van der Waals surface area contributed by atoms with Crippen molar-refractivity contribution in [2.75, 3.05) is 5.75 Å². The van der Waals surface area contributed by atoms with Crippen LogP contribution in [0, 0.1) is 0 Å². The Balaban J connectivity index is 0. The summed E-state index contributed by atoms with van der Waals surface area (Å²) in [4.78, 5) is 10.1. The first-order valence-corrected chi connectivity index (χ1v) is 8.19. The fourth-order valence-corrected chi connectivity index (χ4v) is 1.79. The molecular weight excluding hydrogens is 312 g/mol. The van der Waals surface area contributed by atoms with Crippen LogP contribution in [0.5, 0.6) is 0 Å². The maximum atomic E-state index is 10.4. The lowest BCUT2D eigenvalue weighted by atomic mass is 10.2. The number of hydrogen-bond donors (Lipinski definition) is 1. The maximum absolute atomic E-state index is 10.4. The molecule has 0 rings (SSSR count). The average Bonchev–Trinajstić information content (AvgIpc) is 2.12. The van der Waals surface area contributed by atoms with Crippen LogP contribution in [-0.2, 0) is 25.0 Å². The van der Waals surface area contributed by atoms with Crippen molar-refractivity contribution in [3.05, 3.63) is 23.8 Å². The van der Waals surface area contributed by atoms with Gasteiger partial charge in [0, 0.05) is 0 Å². The predicted octanol–water partition coefficient (Wildman–Crippen LogP) is -0.933. The molecule has 0 heterocycles. The van der Waals surface area contributed by atoms with E-state index in [4.69, 9.17) is 4.55 Å². The molecule has 0 aromatic heterocycles. The van der Waals surface area contributed by atoms with Gasteiger partial charge in [-0.05, 0) is 26.3 Å². The number of carbonyl (C=O) groups is 1.